The molecule has 0 amide bonds. The van der Waals surface area contributed by atoms with Crippen LogP contribution in [0.2, 0.25) is 0 Å². The molecule has 0 saturated carbocycles. The molecular formula is C10H10F2N2O3S. The van der Waals surface area contributed by atoms with Crippen LogP contribution in [0.25, 0.3) is 0 Å². The maximum absolute atomic E-state index is 12.0. The lowest BCUT2D eigenvalue weighted by Gasteiger charge is -2.11. The molecule has 98 valence electrons. The molecule has 2 N–H and O–H groups in total. The van der Waals surface area contributed by atoms with E-state index >= 15 is 0 Å². The average molecular weight is 276 g/mol. The summed E-state index contributed by atoms with van der Waals surface area (Å²) in [6, 6.07) is 6.75. The lowest BCUT2D eigenvalue weighted by Crippen LogP contribution is -2.35. The Balaban J connectivity index is 2.77. The van der Waals surface area contributed by atoms with E-state index in [-0.39, 0.29) is 10.5 Å². The fourth-order valence-corrected chi connectivity index (χ4v) is 2.13. The van der Waals surface area contributed by atoms with Crippen molar-refractivity contribution in [1.29, 1.82) is 5.26 Å². The van der Waals surface area contributed by atoms with Gasteiger partial charge in [0.05, 0.1) is 16.5 Å². The second-order valence-electron chi connectivity index (χ2n) is 3.39. The molecular weight excluding hydrogens is 266 g/mol. The fraction of sp³-hybridized carbons (Fsp3) is 0.300. The minimum atomic E-state index is -3.97. The monoisotopic (exact) mass is 276 g/mol. The maximum atomic E-state index is 12.0. The van der Waals surface area contributed by atoms with Crippen LogP contribution in [-0.2, 0) is 10.0 Å². The van der Waals surface area contributed by atoms with Crippen molar-refractivity contribution in [2.75, 3.05) is 6.54 Å². The minimum absolute atomic E-state index is 0.164. The van der Waals surface area contributed by atoms with E-state index in [1.165, 1.54) is 24.3 Å². The Kier molecular flexibility index (Phi) is 4.72. The smallest absolute Gasteiger partial charge is 0.265 e. The number of aliphatic hydroxyl groups excluding tert-OH is 1. The fourth-order valence-electron chi connectivity index (χ4n) is 1.08. The van der Waals surface area contributed by atoms with Crippen LogP contribution < -0.4 is 4.72 Å². The molecule has 0 aliphatic carbocycles. The highest BCUT2D eigenvalue weighted by atomic mass is 32.2. The van der Waals surface area contributed by atoms with E-state index in [9.17, 15) is 17.2 Å². The van der Waals surface area contributed by atoms with E-state index in [1.54, 1.807) is 0 Å². The zero-order valence-corrected chi connectivity index (χ0v) is 9.86. The van der Waals surface area contributed by atoms with Crippen LogP contribution in [-0.4, -0.2) is 32.6 Å². The summed E-state index contributed by atoms with van der Waals surface area (Å²) in [5.74, 6) is 0. The van der Waals surface area contributed by atoms with Gasteiger partial charge in [-0.2, -0.15) is 5.26 Å². The van der Waals surface area contributed by atoms with Gasteiger partial charge in [-0.25, -0.2) is 21.9 Å². The van der Waals surface area contributed by atoms with Gasteiger partial charge in [-0.15, -0.1) is 0 Å². The van der Waals surface area contributed by atoms with Gasteiger partial charge in [-0.1, -0.05) is 0 Å². The van der Waals surface area contributed by atoms with Crippen LogP contribution in [0.5, 0.6) is 0 Å². The molecule has 0 bridgehead atoms. The summed E-state index contributed by atoms with van der Waals surface area (Å²) in [5.41, 5.74) is 0.279. The summed E-state index contributed by atoms with van der Waals surface area (Å²) in [4.78, 5) is -0.164. The lowest BCUT2D eigenvalue weighted by atomic mass is 10.2. The highest BCUT2D eigenvalue weighted by molar-refractivity contribution is 7.89. The first-order chi connectivity index (χ1) is 8.36. The van der Waals surface area contributed by atoms with Crippen LogP contribution in [0.15, 0.2) is 29.2 Å². The third-order valence-corrected chi connectivity index (χ3v) is 3.51. The highest BCUT2D eigenvalue weighted by Crippen LogP contribution is 2.10. The number of hydrogen-bond donors (Lipinski definition) is 2. The molecule has 8 heteroatoms. The first kappa shape index (κ1) is 14.5. The summed E-state index contributed by atoms with van der Waals surface area (Å²) in [5, 5.41) is 17.3. The lowest BCUT2D eigenvalue weighted by molar-refractivity contribution is -0.000451. The number of nitrogens with zero attached hydrogens (tertiary/aromatic N) is 1. The van der Waals surface area contributed by atoms with Gasteiger partial charge in [0, 0.05) is 6.54 Å². The topological polar surface area (TPSA) is 90.2 Å². The molecule has 18 heavy (non-hydrogen) atoms. The van der Waals surface area contributed by atoms with Gasteiger partial charge in [-0.3, -0.25) is 0 Å². The van der Waals surface area contributed by atoms with E-state index in [2.05, 4.69) is 0 Å². The molecule has 1 aromatic carbocycles. The Bertz CT molecular complexity index is 537. The van der Waals surface area contributed by atoms with Crippen LogP contribution >= 0.6 is 0 Å². The first-order valence-corrected chi connectivity index (χ1v) is 6.31. The number of halogens is 2. The Morgan fingerprint density at radius 3 is 2.33 bits per heavy atom. The number of hydrogen-bond acceptors (Lipinski definition) is 4. The van der Waals surface area contributed by atoms with Crippen molar-refractivity contribution in [3.8, 4) is 6.07 Å². The van der Waals surface area contributed by atoms with Crippen molar-refractivity contribution < 1.29 is 22.3 Å². The van der Waals surface area contributed by atoms with Gasteiger partial charge in [0.15, 0.2) is 0 Å². The van der Waals surface area contributed by atoms with Gasteiger partial charge in [0.25, 0.3) is 6.43 Å². The molecule has 0 saturated heterocycles. The maximum Gasteiger partial charge on any atom is 0.265 e. The molecule has 1 unspecified atom stereocenters. The molecule has 1 aromatic rings. The third kappa shape index (κ3) is 3.73. The van der Waals surface area contributed by atoms with Crippen LogP contribution in [0.1, 0.15) is 5.56 Å². The van der Waals surface area contributed by atoms with E-state index < -0.39 is 29.1 Å². The van der Waals surface area contributed by atoms with Crippen LogP contribution in [0.3, 0.4) is 0 Å². The second-order valence-corrected chi connectivity index (χ2v) is 5.16. The molecule has 0 aliphatic rings. The van der Waals surface area contributed by atoms with Crippen molar-refractivity contribution in [3.05, 3.63) is 29.8 Å². The molecule has 0 aromatic heterocycles. The van der Waals surface area contributed by atoms with Crippen LogP contribution in [0, 0.1) is 11.3 Å². The third-order valence-electron chi connectivity index (χ3n) is 2.07. The zero-order valence-electron chi connectivity index (χ0n) is 9.05. The summed E-state index contributed by atoms with van der Waals surface area (Å²) < 4.78 is 49.0. The van der Waals surface area contributed by atoms with Crippen molar-refractivity contribution in [1.82, 2.24) is 4.72 Å². The largest absolute Gasteiger partial charge is 0.386 e. The van der Waals surface area contributed by atoms with Gasteiger partial charge in [0.1, 0.15) is 6.10 Å². The normalized spacial score (nSPS) is 13.3. The summed E-state index contributed by atoms with van der Waals surface area (Å²) in [7, 11) is -3.97. The van der Waals surface area contributed by atoms with Crippen molar-refractivity contribution >= 4 is 10.0 Å². The van der Waals surface area contributed by atoms with Crippen molar-refractivity contribution in [2.24, 2.45) is 0 Å². The first-order valence-electron chi connectivity index (χ1n) is 4.83. The van der Waals surface area contributed by atoms with Crippen molar-refractivity contribution in [2.45, 2.75) is 17.4 Å². The number of nitrogens with one attached hydrogen (secondary N) is 1. The predicted molar refractivity (Wildman–Crippen MR) is 58.4 cm³/mol. The molecule has 0 fully saturated rings. The Morgan fingerprint density at radius 1 is 1.33 bits per heavy atom. The van der Waals surface area contributed by atoms with Crippen molar-refractivity contribution in [3.63, 3.8) is 0 Å². The number of alkyl halides is 2. The molecule has 1 atom stereocenters. The number of benzene rings is 1. The van der Waals surface area contributed by atoms with E-state index in [0.29, 0.717) is 0 Å². The molecule has 1 rings (SSSR count). The van der Waals surface area contributed by atoms with Gasteiger partial charge < -0.3 is 5.11 Å². The standard InChI is InChI=1S/C10H10F2N2O3S/c11-10(12)9(15)6-14-18(16,17)8-3-1-7(5-13)2-4-8/h1-4,9-10,14-15H,6H2. The van der Waals surface area contributed by atoms with Crippen LogP contribution in [0.4, 0.5) is 8.78 Å². The SMILES string of the molecule is N#Cc1ccc(S(=O)(=O)NCC(O)C(F)F)cc1. The quantitative estimate of drug-likeness (QED) is 0.817. The van der Waals surface area contributed by atoms with E-state index in [0.717, 1.165) is 0 Å². The second kappa shape index (κ2) is 5.86. The molecule has 0 aliphatic heterocycles. The minimum Gasteiger partial charge on any atom is -0.386 e. The Labute approximate surface area is 103 Å². The van der Waals surface area contributed by atoms with Gasteiger partial charge in [-0.05, 0) is 24.3 Å². The molecule has 5 nitrogen and oxygen atoms in total. The number of nitriles is 1. The Hall–Kier alpha value is -1.56. The predicted octanol–water partition coefficient (Wildman–Crippen LogP) is 0.463. The highest BCUT2D eigenvalue weighted by Gasteiger charge is 2.21. The number of sulfonamides is 1. The number of aliphatic hydroxyl groups is 1. The average Bonchev–Trinajstić information content (AvgIpc) is 2.36. The summed E-state index contributed by atoms with van der Waals surface area (Å²) >= 11 is 0. The van der Waals surface area contributed by atoms with E-state index in [4.69, 9.17) is 10.4 Å². The summed E-state index contributed by atoms with van der Waals surface area (Å²) in [6.45, 7) is -0.778. The Morgan fingerprint density at radius 2 is 1.89 bits per heavy atom. The summed E-state index contributed by atoms with van der Waals surface area (Å²) in [6.07, 6.45) is -5.08. The number of rotatable bonds is 5. The van der Waals surface area contributed by atoms with Gasteiger partial charge >= 0.3 is 0 Å². The molecule has 0 spiro atoms. The zero-order chi connectivity index (χ0) is 13.8. The van der Waals surface area contributed by atoms with E-state index in [1.807, 2.05) is 10.8 Å². The molecule has 0 radical (unpaired) electrons. The van der Waals surface area contributed by atoms with Gasteiger partial charge in [0.2, 0.25) is 10.0 Å². The molecule has 0 heterocycles.